The summed E-state index contributed by atoms with van der Waals surface area (Å²) >= 11 is 6.51. The SMILES string of the molecule is O=C(c1nn2c(C(F)(F)F)cc(-c3ccc(Br)o3)nc2c1Br)N1CCN(C23CC4CC(CC(C4)C2)C3)CC1. The Balaban J connectivity index is 1.16. The van der Waals surface area contributed by atoms with E-state index in [1.807, 2.05) is 0 Å². The summed E-state index contributed by atoms with van der Waals surface area (Å²) in [5.74, 6) is 2.32. The van der Waals surface area contributed by atoms with Crippen LogP contribution in [0.25, 0.3) is 17.1 Å². The molecule has 1 saturated heterocycles. The van der Waals surface area contributed by atoms with E-state index in [1.54, 1.807) is 11.0 Å². The number of nitrogens with zero attached hydrogens (tertiary/aromatic N) is 5. The highest BCUT2D eigenvalue weighted by Gasteiger charge is 2.53. The summed E-state index contributed by atoms with van der Waals surface area (Å²) in [7, 11) is 0. The molecule has 4 aliphatic carbocycles. The third-order valence-electron chi connectivity index (χ3n) is 9.10. The average molecular weight is 657 g/mol. The van der Waals surface area contributed by atoms with Gasteiger partial charge in [0.05, 0.1) is 4.47 Å². The predicted molar refractivity (Wildman–Crippen MR) is 139 cm³/mol. The molecule has 1 aliphatic heterocycles. The minimum atomic E-state index is -4.71. The number of hydrogen-bond donors (Lipinski definition) is 0. The lowest BCUT2D eigenvalue weighted by Gasteiger charge is -2.61. The first kappa shape index (κ1) is 25.1. The third kappa shape index (κ3) is 4.04. The lowest BCUT2D eigenvalue weighted by atomic mass is 9.52. The molecule has 202 valence electrons. The van der Waals surface area contributed by atoms with E-state index in [2.05, 4.69) is 46.8 Å². The maximum atomic E-state index is 14.0. The van der Waals surface area contributed by atoms with Gasteiger partial charge in [-0.15, -0.1) is 0 Å². The molecule has 4 bridgehead atoms. The van der Waals surface area contributed by atoms with Gasteiger partial charge in [0.15, 0.2) is 27.5 Å². The number of rotatable bonds is 3. The Kier molecular flexibility index (Phi) is 5.80. The van der Waals surface area contributed by atoms with Crippen LogP contribution in [-0.2, 0) is 6.18 Å². The van der Waals surface area contributed by atoms with Crippen LogP contribution < -0.4 is 0 Å². The summed E-state index contributed by atoms with van der Waals surface area (Å²) in [4.78, 5) is 22.2. The van der Waals surface area contributed by atoms with Crippen LogP contribution in [0.15, 0.2) is 31.8 Å². The molecule has 1 amide bonds. The first-order chi connectivity index (χ1) is 18.1. The van der Waals surface area contributed by atoms with Crippen LogP contribution in [-0.4, -0.2) is 62.0 Å². The van der Waals surface area contributed by atoms with Crippen molar-refractivity contribution in [3.63, 3.8) is 0 Å². The summed E-state index contributed by atoms with van der Waals surface area (Å²) < 4.78 is 48.7. The van der Waals surface area contributed by atoms with E-state index in [-0.39, 0.29) is 38.7 Å². The molecule has 0 aromatic carbocycles. The van der Waals surface area contributed by atoms with Gasteiger partial charge in [0, 0.05) is 31.7 Å². The van der Waals surface area contributed by atoms with Crippen LogP contribution in [0, 0.1) is 17.8 Å². The maximum Gasteiger partial charge on any atom is 0.433 e. The second kappa shape index (κ2) is 8.79. The Labute approximate surface area is 234 Å². The molecule has 38 heavy (non-hydrogen) atoms. The molecule has 5 aliphatic rings. The molecular weight excluding hydrogens is 631 g/mol. The summed E-state index contributed by atoms with van der Waals surface area (Å²) in [5, 5.41) is 4.11. The predicted octanol–water partition coefficient (Wildman–Crippen LogP) is 6.26. The van der Waals surface area contributed by atoms with Crippen LogP contribution in [0.4, 0.5) is 13.2 Å². The van der Waals surface area contributed by atoms with Crippen molar-refractivity contribution in [1.29, 1.82) is 0 Å². The molecule has 5 fully saturated rings. The minimum absolute atomic E-state index is 0.000638. The molecule has 8 rings (SSSR count). The number of carbonyl (C=O) groups is 1. The van der Waals surface area contributed by atoms with Gasteiger partial charge in [0.25, 0.3) is 5.91 Å². The fraction of sp³-hybridized carbons (Fsp3) is 0.577. The van der Waals surface area contributed by atoms with Gasteiger partial charge >= 0.3 is 6.18 Å². The summed E-state index contributed by atoms with van der Waals surface area (Å²) in [6.45, 7) is 2.64. The van der Waals surface area contributed by atoms with Gasteiger partial charge in [-0.3, -0.25) is 9.69 Å². The smallest absolute Gasteiger partial charge is 0.433 e. The van der Waals surface area contributed by atoms with Crippen molar-refractivity contribution < 1.29 is 22.4 Å². The first-order valence-electron chi connectivity index (χ1n) is 13.1. The van der Waals surface area contributed by atoms with Gasteiger partial charge in [-0.05, 0) is 106 Å². The zero-order valence-electron chi connectivity index (χ0n) is 20.5. The lowest BCUT2D eigenvalue weighted by Crippen LogP contribution is -2.64. The molecule has 3 aromatic heterocycles. The molecule has 4 heterocycles. The fourth-order valence-electron chi connectivity index (χ4n) is 7.89. The standard InChI is InChI=1S/C26H26Br2F3N5O2/c27-20-2-1-18(38-20)17-10-19(26(29,30)31)36-23(32-17)21(28)22(33-36)24(37)34-3-5-35(6-4-34)25-11-14-7-15(12-25)9-16(8-14)13-25/h1-2,10,14-16H,3-9,11-13H2. The summed E-state index contributed by atoms with van der Waals surface area (Å²) in [6, 6.07) is 4.00. The molecule has 7 nitrogen and oxygen atoms in total. The molecule has 12 heteroatoms. The van der Waals surface area contributed by atoms with E-state index in [0.717, 1.165) is 36.9 Å². The topological polar surface area (TPSA) is 66.9 Å². The molecule has 0 radical (unpaired) electrons. The molecule has 0 atom stereocenters. The van der Waals surface area contributed by atoms with Crippen molar-refractivity contribution in [2.45, 2.75) is 50.2 Å². The van der Waals surface area contributed by atoms with E-state index in [0.29, 0.717) is 22.3 Å². The molecular formula is C26H26Br2F3N5O2. The van der Waals surface area contributed by atoms with Gasteiger partial charge in [-0.1, -0.05) is 0 Å². The Morgan fingerprint density at radius 1 is 1.00 bits per heavy atom. The zero-order chi connectivity index (χ0) is 26.4. The number of carbonyl (C=O) groups excluding carboxylic acids is 1. The number of furan rings is 1. The second-order valence-electron chi connectivity index (χ2n) is 11.4. The number of amides is 1. The minimum Gasteiger partial charge on any atom is -0.448 e. The van der Waals surface area contributed by atoms with Crippen LogP contribution in [0.1, 0.15) is 54.7 Å². The van der Waals surface area contributed by atoms with Crippen LogP contribution in [0.2, 0.25) is 0 Å². The van der Waals surface area contributed by atoms with E-state index >= 15 is 0 Å². The second-order valence-corrected chi connectivity index (χ2v) is 13.0. The van der Waals surface area contributed by atoms with Crippen molar-refractivity contribution in [3.8, 4) is 11.5 Å². The molecule has 0 N–H and O–H groups in total. The number of hydrogen-bond acceptors (Lipinski definition) is 5. The van der Waals surface area contributed by atoms with E-state index < -0.39 is 11.9 Å². The number of fused-ring (bicyclic) bond motifs is 1. The molecule has 3 aromatic rings. The van der Waals surface area contributed by atoms with Gasteiger partial charge in [-0.2, -0.15) is 18.3 Å². The third-order valence-corrected chi connectivity index (χ3v) is 10.3. The van der Waals surface area contributed by atoms with Gasteiger partial charge in [0.1, 0.15) is 5.69 Å². The van der Waals surface area contributed by atoms with Crippen molar-refractivity contribution >= 4 is 43.4 Å². The Morgan fingerprint density at radius 2 is 1.63 bits per heavy atom. The number of piperazine rings is 1. The number of alkyl halides is 3. The highest BCUT2D eigenvalue weighted by molar-refractivity contribution is 9.10. The molecule has 0 unspecified atom stereocenters. The van der Waals surface area contributed by atoms with Crippen molar-refractivity contribution in [2.24, 2.45) is 17.8 Å². The fourth-order valence-corrected chi connectivity index (χ4v) is 8.71. The summed E-state index contributed by atoms with van der Waals surface area (Å²) in [6.07, 6.45) is 3.24. The first-order valence-corrected chi connectivity index (χ1v) is 14.6. The number of halogens is 5. The largest absolute Gasteiger partial charge is 0.448 e. The monoisotopic (exact) mass is 655 g/mol. The maximum absolute atomic E-state index is 14.0. The van der Waals surface area contributed by atoms with Crippen molar-refractivity contribution in [2.75, 3.05) is 26.2 Å². The Hall–Kier alpha value is -1.92. The van der Waals surface area contributed by atoms with Crippen molar-refractivity contribution in [1.82, 2.24) is 24.4 Å². The lowest BCUT2D eigenvalue weighted by molar-refractivity contribution is -0.142. The van der Waals surface area contributed by atoms with Crippen LogP contribution in [0.5, 0.6) is 0 Å². The molecule has 0 spiro atoms. The van der Waals surface area contributed by atoms with Crippen LogP contribution in [0.3, 0.4) is 0 Å². The normalized spacial score (nSPS) is 29.5. The van der Waals surface area contributed by atoms with Crippen molar-refractivity contribution in [3.05, 3.63) is 38.7 Å². The number of aromatic nitrogens is 3. The van der Waals surface area contributed by atoms with E-state index in [1.165, 1.54) is 44.6 Å². The Morgan fingerprint density at radius 3 is 2.18 bits per heavy atom. The van der Waals surface area contributed by atoms with Gasteiger partial charge in [0.2, 0.25) is 0 Å². The van der Waals surface area contributed by atoms with Gasteiger partial charge in [-0.25, -0.2) is 9.50 Å². The molecule has 4 saturated carbocycles. The zero-order valence-corrected chi connectivity index (χ0v) is 23.6. The van der Waals surface area contributed by atoms with E-state index in [9.17, 15) is 18.0 Å². The van der Waals surface area contributed by atoms with E-state index in [4.69, 9.17) is 4.42 Å². The quantitative estimate of drug-likeness (QED) is 0.333. The summed E-state index contributed by atoms with van der Waals surface area (Å²) in [5.41, 5.74) is -0.909. The van der Waals surface area contributed by atoms with Crippen LogP contribution >= 0.6 is 31.9 Å². The highest BCUT2D eigenvalue weighted by Crippen LogP contribution is 2.57. The average Bonchev–Trinajstić information content (AvgIpc) is 3.45. The highest BCUT2D eigenvalue weighted by atomic mass is 79.9. The van der Waals surface area contributed by atoms with Gasteiger partial charge < -0.3 is 9.32 Å². The Bertz CT molecular complexity index is 1390.